The fourth-order valence-corrected chi connectivity index (χ4v) is 6.26. The standard InChI is InChI=1S/C26H31N3O8/c1-5-29(6-2)25(36)14-10-15(28(3)4)13-8-11-7-12-9-16(30)19(24(27)35)23(34)26(12,37)22(33)17(11)21(32)18(13)20(14)31/h10-12,17,19,31,37H,5-9H2,1-4H3,(H2,27,35)/t11-,12+,17?,19?,26+/m1/s1. The van der Waals surface area contributed by atoms with Crippen molar-refractivity contribution >= 4 is 40.6 Å². The Morgan fingerprint density at radius 2 is 1.70 bits per heavy atom. The summed E-state index contributed by atoms with van der Waals surface area (Å²) in [4.78, 5) is 81.2. The Kier molecular flexibility index (Phi) is 6.48. The monoisotopic (exact) mass is 513 g/mol. The minimum absolute atomic E-state index is 0.00874. The Hall–Kier alpha value is -3.60. The first-order chi connectivity index (χ1) is 17.3. The van der Waals surface area contributed by atoms with Crippen molar-refractivity contribution in [2.24, 2.45) is 29.4 Å². The number of amides is 2. The Morgan fingerprint density at radius 1 is 1.08 bits per heavy atom. The van der Waals surface area contributed by atoms with Gasteiger partial charge in [0.1, 0.15) is 5.75 Å². The van der Waals surface area contributed by atoms with E-state index in [1.54, 1.807) is 32.8 Å². The number of carbonyl (C=O) groups is 6. The molecule has 2 unspecified atom stereocenters. The van der Waals surface area contributed by atoms with Gasteiger partial charge in [-0.1, -0.05) is 0 Å². The number of nitrogens with zero attached hydrogens (tertiary/aromatic N) is 2. The first-order valence-electron chi connectivity index (χ1n) is 12.3. The van der Waals surface area contributed by atoms with Gasteiger partial charge in [-0.05, 0) is 44.2 Å². The van der Waals surface area contributed by atoms with E-state index in [9.17, 15) is 39.0 Å². The molecule has 0 aliphatic heterocycles. The van der Waals surface area contributed by atoms with Crippen LogP contribution in [0.25, 0.3) is 0 Å². The predicted molar refractivity (Wildman–Crippen MR) is 130 cm³/mol. The molecule has 11 nitrogen and oxygen atoms in total. The van der Waals surface area contributed by atoms with E-state index < -0.39 is 76.4 Å². The third kappa shape index (κ3) is 3.66. The molecule has 1 aromatic carbocycles. The lowest BCUT2D eigenvalue weighted by molar-refractivity contribution is -0.175. The molecule has 198 valence electrons. The summed E-state index contributed by atoms with van der Waals surface area (Å²) in [6.45, 7) is 4.30. The van der Waals surface area contributed by atoms with E-state index in [-0.39, 0.29) is 24.0 Å². The number of carbonyl (C=O) groups excluding carboxylic acids is 6. The number of ketones is 4. The molecule has 3 aliphatic rings. The molecule has 11 heteroatoms. The topological polar surface area (TPSA) is 175 Å². The van der Waals surface area contributed by atoms with Gasteiger partial charge >= 0.3 is 0 Å². The molecule has 4 rings (SSSR count). The number of nitrogens with two attached hydrogens (primary N) is 1. The summed E-state index contributed by atoms with van der Waals surface area (Å²) in [5.41, 5.74) is 3.19. The zero-order valence-electron chi connectivity index (χ0n) is 21.2. The number of rotatable bonds is 5. The molecule has 2 fully saturated rings. The summed E-state index contributed by atoms with van der Waals surface area (Å²) >= 11 is 0. The molecule has 2 saturated carbocycles. The average Bonchev–Trinajstić information content (AvgIpc) is 2.81. The molecule has 2 amide bonds. The number of primary amides is 1. The van der Waals surface area contributed by atoms with Gasteiger partial charge in [0.25, 0.3) is 5.91 Å². The van der Waals surface area contributed by atoms with Crippen LogP contribution in [0.1, 0.15) is 53.0 Å². The second-order valence-corrected chi connectivity index (χ2v) is 10.3. The molecule has 3 aliphatic carbocycles. The first-order valence-corrected chi connectivity index (χ1v) is 12.3. The molecule has 1 aromatic rings. The number of aliphatic hydroxyl groups is 1. The van der Waals surface area contributed by atoms with Crippen molar-refractivity contribution in [3.63, 3.8) is 0 Å². The van der Waals surface area contributed by atoms with Crippen LogP contribution in [0.2, 0.25) is 0 Å². The van der Waals surface area contributed by atoms with Gasteiger partial charge in [0, 0.05) is 45.2 Å². The zero-order chi connectivity index (χ0) is 27.6. The molecule has 5 atom stereocenters. The highest BCUT2D eigenvalue weighted by atomic mass is 16.3. The minimum Gasteiger partial charge on any atom is -0.506 e. The largest absolute Gasteiger partial charge is 0.506 e. The number of benzene rings is 1. The number of fused-ring (bicyclic) bond motifs is 3. The number of phenolic OH excluding ortho intramolecular Hbond substituents is 1. The van der Waals surface area contributed by atoms with Crippen molar-refractivity contribution in [3.8, 4) is 5.75 Å². The van der Waals surface area contributed by atoms with Crippen molar-refractivity contribution in [2.45, 2.75) is 38.7 Å². The number of phenols is 1. The van der Waals surface area contributed by atoms with Crippen LogP contribution in [-0.2, 0) is 25.6 Å². The summed E-state index contributed by atoms with van der Waals surface area (Å²) in [6, 6.07) is 1.52. The lowest BCUT2D eigenvalue weighted by atomic mass is 9.53. The smallest absolute Gasteiger partial charge is 0.257 e. The van der Waals surface area contributed by atoms with Crippen molar-refractivity contribution in [1.82, 2.24) is 4.90 Å². The van der Waals surface area contributed by atoms with Gasteiger partial charge in [-0.2, -0.15) is 0 Å². The maximum absolute atomic E-state index is 13.8. The van der Waals surface area contributed by atoms with Crippen LogP contribution < -0.4 is 10.6 Å². The fourth-order valence-electron chi connectivity index (χ4n) is 6.26. The lowest BCUT2D eigenvalue weighted by Gasteiger charge is -2.48. The maximum atomic E-state index is 13.8. The highest BCUT2D eigenvalue weighted by Crippen LogP contribution is 2.51. The number of hydrogen-bond donors (Lipinski definition) is 3. The minimum atomic E-state index is -2.71. The Labute approximate surface area is 213 Å². The van der Waals surface area contributed by atoms with E-state index in [1.165, 1.54) is 11.0 Å². The van der Waals surface area contributed by atoms with Crippen molar-refractivity contribution < 1.29 is 39.0 Å². The van der Waals surface area contributed by atoms with Gasteiger partial charge in [-0.3, -0.25) is 28.8 Å². The van der Waals surface area contributed by atoms with Gasteiger partial charge in [0.15, 0.2) is 34.7 Å². The molecule has 0 aromatic heterocycles. The number of Topliss-reactive ketones (excluding diaryl/α,β-unsaturated/α-hetero) is 4. The summed E-state index contributed by atoms with van der Waals surface area (Å²) in [6.07, 6.45) is -0.240. The molecule has 4 N–H and O–H groups in total. The van der Waals surface area contributed by atoms with Crippen LogP contribution in [0, 0.1) is 23.7 Å². The molecular formula is C26H31N3O8. The van der Waals surface area contributed by atoms with E-state index in [2.05, 4.69) is 0 Å². The molecular weight excluding hydrogens is 482 g/mol. The highest BCUT2D eigenvalue weighted by molar-refractivity contribution is 6.31. The van der Waals surface area contributed by atoms with E-state index in [1.807, 2.05) is 0 Å². The molecule has 0 spiro atoms. The molecule has 0 heterocycles. The number of hydrogen-bond acceptors (Lipinski definition) is 9. The number of aromatic hydroxyl groups is 1. The van der Waals surface area contributed by atoms with Crippen LogP contribution in [0.3, 0.4) is 0 Å². The van der Waals surface area contributed by atoms with E-state index in [4.69, 9.17) is 5.73 Å². The Morgan fingerprint density at radius 3 is 2.24 bits per heavy atom. The van der Waals surface area contributed by atoms with Crippen LogP contribution in [0.15, 0.2) is 6.07 Å². The van der Waals surface area contributed by atoms with Crippen LogP contribution in [-0.4, -0.2) is 82.8 Å². The van der Waals surface area contributed by atoms with Gasteiger partial charge in [-0.25, -0.2) is 0 Å². The van der Waals surface area contributed by atoms with Gasteiger partial charge in [0.05, 0.1) is 17.0 Å². The average molecular weight is 514 g/mol. The van der Waals surface area contributed by atoms with Crippen LogP contribution >= 0.6 is 0 Å². The van der Waals surface area contributed by atoms with Crippen LogP contribution in [0.5, 0.6) is 5.75 Å². The zero-order valence-corrected chi connectivity index (χ0v) is 21.2. The summed E-state index contributed by atoms with van der Waals surface area (Å²) in [5, 5.41) is 22.5. The van der Waals surface area contributed by atoms with Gasteiger partial charge < -0.3 is 25.7 Å². The third-order valence-corrected chi connectivity index (χ3v) is 8.14. The second-order valence-electron chi connectivity index (χ2n) is 10.3. The summed E-state index contributed by atoms with van der Waals surface area (Å²) in [5.74, 6) is -11.4. The maximum Gasteiger partial charge on any atom is 0.257 e. The molecule has 37 heavy (non-hydrogen) atoms. The molecule has 0 saturated heterocycles. The van der Waals surface area contributed by atoms with E-state index in [0.717, 1.165) is 0 Å². The highest BCUT2D eigenvalue weighted by Gasteiger charge is 2.66. The van der Waals surface area contributed by atoms with Crippen molar-refractivity contribution in [1.29, 1.82) is 0 Å². The lowest BCUT2D eigenvalue weighted by Crippen LogP contribution is -2.68. The fraction of sp³-hybridized carbons (Fsp3) is 0.538. The van der Waals surface area contributed by atoms with Crippen LogP contribution in [0.4, 0.5) is 5.69 Å². The third-order valence-electron chi connectivity index (χ3n) is 8.14. The SMILES string of the molecule is CCN(CC)C(=O)c1cc(N(C)C)c2c(c1O)C(=O)C1C(=O)[C@]3(O)C(=O)C(C(N)=O)C(=O)C[C@@H]3C[C@@H]1C2. The summed E-state index contributed by atoms with van der Waals surface area (Å²) < 4.78 is 0. The van der Waals surface area contributed by atoms with Gasteiger partial charge in [-0.15, -0.1) is 0 Å². The Balaban J connectivity index is 1.86. The normalized spacial score (nSPS) is 28.8. The molecule has 0 radical (unpaired) electrons. The number of anilines is 1. The van der Waals surface area contributed by atoms with Crippen molar-refractivity contribution in [3.05, 3.63) is 22.8 Å². The molecule has 0 bridgehead atoms. The van der Waals surface area contributed by atoms with E-state index >= 15 is 0 Å². The summed E-state index contributed by atoms with van der Waals surface area (Å²) in [7, 11) is 3.45. The Bertz CT molecular complexity index is 1250. The first kappa shape index (κ1) is 26.5. The van der Waals surface area contributed by atoms with Gasteiger partial charge in [0.2, 0.25) is 5.91 Å². The predicted octanol–water partition coefficient (Wildman–Crippen LogP) is -0.125. The quantitative estimate of drug-likeness (QED) is 0.453. The second kappa shape index (κ2) is 9.05. The van der Waals surface area contributed by atoms with Crippen molar-refractivity contribution in [2.75, 3.05) is 32.1 Å². The van der Waals surface area contributed by atoms with E-state index in [0.29, 0.717) is 24.3 Å².